The van der Waals surface area contributed by atoms with Crippen LogP contribution in [0.5, 0.6) is 0 Å². The molecule has 11 heteroatoms. The van der Waals surface area contributed by atoms with Gasteiger partial charge in [-0.05, 0) is 13.0 Å². The van der Waals surface area contributed by atoms with Gasteiger partial charge >= 0.3 is 5.69 Å². The van der Waals surface area contributed by atoms with Gasteiger partial charge in [0.2, 0.25) is 7.37 Å². The fraction of sp³-hybridized carbons (Fsp3) is 0.538. The molecular weight excluding hydrogens is 337 g/mol. The van der Waals surface area contributed by atoms with E-state index in [4.69, 9.17) is 15.1 Å². The molecule has 1 aliphatic carbocycles. The zero-order valence-corrected chi connectivity index (χ0v) is 14.7. The molecule has 24 heavy (non-hydrogen) atoms. The molecule has 0 bridgehead atoms. The number of nitrogens with one attached hydrogen (secondary N) is 2. The number of nitrogens with zero attached hydrogens (tertiary/aromatic N) is 1. The molecule has 6 N–H and O–H groups in total. The zero-order valence-electron chi connectivity index (χ0n) is 13.8. The van der Waals surface area contributed by atoms with Crippen LogP contribution in [0.4, 0.5) is 0 Å². The highest BCUT2D eigenvalue weighted by Gasteiger charge is 2.31. The lowest BCUT2D eigenvalue weighted by molar-refractivity contribution is -0.717. The number of rotatable bonds is 7. The van der Waals surface area contributed by atoms with E-state index in [0.29, 0.717) is 17.7 Å². The molecule has 3 unspecified atom stereocenters. The van der Waals surface area contributed by atoms with Crippen molar-refractivity contribution in [2.75, 3.05) is 20.1 Å². The minimum Gasteiger partial charge on any atom is -0.362 e. The van der Waals surface area contributed by atoms with Crippen LogP contribution in [0.25, 0.3) is 0 Å². The van der Waals surface area contributed by atoms with E-state index in [2.05, 4.69) is 10.4 Å². The summed E-state index contributed by atoms with van der Waals surface area (Å²) in [5.41, 5.74) is 4.31. The SMILES string of the molecule is COP(C)(=O)COC1CC(n2cc(C)c(=O)[nH]c2=O)C=C1N[NH2+]N. The van der Waals surface area contributed by atoms with E-state index in [1.54, 1.807) is 13.0 Å². The van der Waals surface area contributed by atoms with Crippen molar-refractivity contribution in [3.05, 3.63) is 44.4 Å². The number of H-pyrrole nitrogens is 1. The lowest BCUT2D eigenvalue weighted by Crippen LogP contribution is -2.99. The Morgan fingerprint density at radius 2 is 2.25 bits per heavy atom. The van der Waals surface area contributed by atoms with Crippen molar-refractivity contribution in [2.24, 2.45) is 5.84 Å². The van der Waals surface area contributed by atoms with Gasteiger partial charge in [-0.3, -0.25) is 18.9 Å². The molecule has 0 amide bonds. The third-order valence-electron chi connectivity index (χ3n) is 3.82. The van der Waals surface area contributed by atoms with E-state index in [-0.39, 0.29) is 12.4 Å². The number of hydrogen-bond acceptors (Lipinski definition) is 7. The number of hydrogen-bond donors (Lipinski definition) is 4. The molecule has 0 aromatic carbocycles. The van der Waals surface area contributed by atoms with Crippen LogP contribution in [0.3, 0.4) is 0 Å². The van der Waals surface area contributed by atoms with Gasteiger partial charge in [0.15, 0.2) is 0 Å². The second-order valence-corrected chi connectivity index (χ2v) is 8.35. The van der Waals surface area contributed by atoms with Crippen LogP contribution >= 0.6 is 7.37 Å². The Kier molecular flexibility index (Phi) is 5.79. The highest BCUT2D eigenvalue weighted by atomic mass is 31.2. The first-order valence-corrected chi connectivity index (χ1v) is 9.60. The van der Waals surface area contributed by atoms with E-state index < -0.39 is 24.7 Å². The van der Waals surface area contributed by atoms with Crippen LogP contribution in [0.15, 0.2) is 27.6 Å². The smallest absolute Gasteiger partial charge is 0.328 e. The molecule has 10 nitrogen and oxygen atoms in total. The molecule has 1 aliphatic rings. The van der Waals surface area contributed by atoms with Crippen molar-refractivity contribution in [3.63, 3.8) is 0 Å². The second kappa shape index (κ2) is 7.45. The summed E-state index contributed by atoms with van der Waals surface area (Å²) in [6.07, 6.45) is 3.27. The maximum absolute atomic E-state index is 12.0. The van der Waals surface area contributed by atoms with Gasteiger partial charge in [0.05, 0.1) is 11.7 Å². The molecule has 2 rings (SSSR count). The molecule has 0 saturated carbocycles. The van der Waals surface area contributed by atoms with E-state index in [1.807, 2.05) is 0 Å². The second-order valence-electron chi connectivity index (χ2n) is 5.70. The van der Waals surface area contributed by atoms with Crippen LogP contribution in [0.2, 0.25) is 0 Å². The predicted molar refractivity (Wildman–Crippen MR) is 87.3 cm³/mol. The third kappa shape index (κ3) is 4.22. The lowest BCUT2D eigenvalue weighted by Gasteiger charge is -2.19. The molecule has 0 fully saturated rings. The number of allylic oxidation sites excluding steroid dienone is 1. The van der Waals surface area contributed by atoms with Crippen molar-refractivity contribution >= 4 is 7.37 Å². The lowest BCUT2D eigenvalue weighted by atomic mass is 10.2. The summed E-state index contributed by atoms with van der Waals surface area (Å²) < 4.78 is 24.0. The van der Waals surface area contributed by atoms with Gasteiger partial charge in [-0.1, -0.05) is 0 Å². The molecule has 0 radical (unpaired) electrons. The van der Waals surface area contributed by atoms with Crippen LogP contribution < -0.4 is 28.1 Å². The molecule has 0 aliphatic heterocycles. The summed E-state index contributed by atoms with van der Waals surface area (Å²) in [6.45, 7) is 3.11. The maximum atomic E-state index is 12.0. The van der Waals surface area contributed by atoms with Crippen LogP contribution in [0, 0.1) is 6.92 Å². The van der Waals surface area contributed by atoms with Gasteiger partial charge in [0, 0.05) is 32.0 Å². The quantitative estimate of drug-likeness (QED) is 0.263. The fourth-order valence-corrected chi connectivity index (χ4v) is 2.98. The van der Waals surface area contributed by atoms with Crippen LogP contribution in [0.1, 0.15) is 18.0 Å². The summed E-state index contributed by atoms with van der Waals surface area (Å²) in [4.78, 5) is 25.8. The highest BCUT2D eigenvalue weighted by Crippen LogP contribution is 2.42. The van der Waals surface area contributed by atoms with Gasteiger partial charge in [0.25, 0.3) is 5.56 Å². The summed E-state index contributed by atoms with van der Waals surface area (Å²) in [5.74, 6) is 5.41. The number of aromatic amines is 1. The van der Waals surface area contributed by atoms with Gasteiger partial charge in [-0.25, -0.2) is 10.2 Å². The molecule has 3 atom stereocenters. The average molecular weight is 360 g/mol. The molecular formula is C13H23N5O5P+. The summed E-state index contributed by atoms with van der Waals surface area (Å²) >= 11 is 0. The first-order valence-electron chi connectivity index (χ1n) is 7.35. The summed E-state index contributed by atoms with van der Waals surface area (Å²) in [7, 11) is -1.45. The van der Waals surface area contributed by atoms with E-state index >= 15 is 0 Å². The normalized spacial score (nSPS) is 22.9. The first-order chi connectivity index (χ1) is 11.3. The van der Waals surface area contributed by atoms with Gasteiger partial charge in [0.1, 0.15) is 12.5 Å². The van der Waals surface area contributed by atoms with Crippen LogP contribution in [-0.2, 0) is 13.8 Å². The Labute approximate surface area is 138 Å². The van der Waals surface area contributed by atoms with Gasteiger partial charge in [-0.2, -0.15) is 11.4 Å². The maximum Gasteiger partial charge on any atom is 0.328 e. The number of ether oxygens (including phenoxy) is 1. The Bertz CT molecular complexity index is 786. The fourth-order valence-electron chi connectivity index (χ4n) is 2.43. The largest absolute Gasteiger partial charge is 0.362 e. The van der Waals surface area contributed by atoms with Crippen LogP contribution in [-0.4, -0.2) is 35.8 Å². The van der Waals surface area contributed by atoms with E-state index in [9.17, 15) is 14.2 Å². The molecule has 0 spiro atoms. The number of aromatic nitrogens is 2. The Morgan fingerprint density at radius 3 is 2.88 bits per heavy atom. The summed E-state index contributed by atoms with van der Waals surface area (Å²) in [5, 5.41) is 0. The Hall–Kier alpha value is -1.71. The molecule has 1 aromatic rings. The minimum atomic E-state index is -2.82. The van der Waals surface area contributed by atoms with Crippen molar-refractivity contribution < 1.29 is 19.4 Å². The summed E-state index contributed by atoms with van der Waals surface area (Å²) in [6, 6.07) is -0.320. The van der Waals surface area contributed by atoms with Gasteiger partial charge in [-0.15, -0.1) is 0 Å². The van der Waals surface area contributed by atoms with E-state index in [1.165, 1.54) is 30.1 Å². The topological polar surface area (TPSA) is 145 Å². The number of nitrogens with two attached hydrogens (primary N) is 2. The molecule has 1 aromatic heterocycles. The van der Waals surface area contributed by atoms with Crippen molar-refractivity contribution in [1.82, 2.24) is 15.0 Å². The predicted octanol–water partition coefficient (Wildman–Crippen LogP) is -1.49. The monoisotopic (exact) mass is 360 g/mol. The molecule has 134 valence electrons. The van der Waals surface area contributed by atoms with Crippen molar-refractivity contribution in [3.8, 4) is 0 Å². The minimum absolute atomic E-state index is 0.0516. The van der Waals surface area contributed by atoms with Gasteiger partial charge < -0.3 is 9.26 Å². The number of aryl methyl sites for hydroxylation is 1. The zero-order chi connectivity index (χ0) is 17.9. The third-order valence-corrected chi connectivity index (χ3v) is 5.21. The standard InChI is InChI=1S/C13H22N5O5P/c1-8-6-18(13(20)15-12(8)19)9-4-10(16-17-14)11(5-9)23-7-24(3,21)22-2/h4,6,9,11,16-17H,5,7,14H2,1-3H3,(H,15,19,20)/p+1. The van der Waals surface area contributed by atoms with Crippen molar-refractivity contribution in [1.29, 1.82) is 0 Å². The number of quaternary nitrogens is 1. The molecule has 0 saturated heterocycles. The molecule has 1 heterocycles. The van der Waals surface area contributed by atoms with E-state index in [0.717, 1.165) is 0 Å². The Morgan fingerprint density at radius 1 is 1.54 bits per heavy atom. The van der Waals surface area contributed by atoms with Crippen molar-refractivity contribution in [2.45, 2.75) is 25.5 Å². The first kappa shape index (κ1) is 18.6. The average Bonchev–Trinajstić information content (AvgIpc) is 2.92. The highest BCUT2D eigenvalue weighted by molar-refractivity contribution is 7.57. The Balaban J connectivity index is 2.23.